The van der Waals surface area contributed by atoms with E-state index in [4.69, 9.17) is 4.74 Å². The first-order valence-electron chi connectivity index (χ1n) is 7.75. The minimum atomic E-state index is -0.540. The molecule has 0 fully saturated rings. The largest absolute Gasteiger partial charge is 0.468 e. The molecule has 0 amide bonds. The molecule has 6 nitrogen and oxygen atoms in total. The first kappa shape index (κ1) is 17.2. The number of carbonyl (C=O) groups excluding carboxylic acids is 1. The fourth-order valence-electron chi connectivity index (χ4n) is 2.54. The van der Waals surface area contributed by atoms with Crippen molar-refractivity contribution in [1.82, 2.24) is 20.2 Å². The lowest BCUT2D eigenvalue weighted by atomic mass is 10.1. The van der Waals surface area contributed by atoms with Gasteiger partial charge in [-0.05, 0) is 41.5 Å². The molecule has 0 N–H and O–H groups in total. The van der Waals surface area contributed by atoms with Gasteiger partial charge in [-0.15, -0.1) is 5.10 Å². The fraction of sp³-hybridized carbons (Fsp3) is 0.222. The summed E-state index contributed by atoms with van der Waals surface area (Å²) < 4.78 is 6.61. The van der Waals surface area contributed by atoms with Gasteiger partial charge in [-0.2, -0.15) is 4.68 Å². The Morgan fingerprint density at radius 3 is 2.60 bits per heavy atom. The zero-order valence-electron chi connectivity index (χ0n) is 14.2. The third-order valence-electron chi connectivity index (χ3n) is 3.76. The molecule has 1 heterocycles. The van der Waals surface area contributed by atoms with Crippen LogP contribution in [0.3, 0.4) is 0 Å². The minimum absolute atomic E-state index is 0.341. The van der Waals surface area contributed by atoms with Gasteiger partial charge in [0.2, 0.25) is 5.16 Å². The summed E-state index contributed by atoms with van der Waals surface area (Å²) in [6, 6.07) is 15.5. The molecule has 3 rings (SSSR count). The number of hydrogen-bond acceptors (Lipinski definition) is 6. The Labute approximate surface area is 150 Å². The number of tetrazole rings is 1. The van der Waals surface area contributed by atoms with Crippen LogP contribution in [0.15, 0.2) is 53.7 Å². The monoisotopic (exact) mass is 354 g/mol. The van der Waals surface area contributed by atoms with E-state index < -0.39 is 5.25 Å². The van der Waals surface area contributed by atoms with E-state index in [9.17, 15) is 4.79 Å². The van der Waals surface area contributed by atoms with Crippen molar-refractivity contribution >= 4 is 17.7 Å². The number of aromatic nitrogens is 4. The van der Waals surface area contributed by atoms with E-state index >= 15 is 0 Å². The van der Waals surface area contributed by atoms with Crippen LogP contribution in [0.4, 0.5) is 0 Å². The molecule has 25 heavy (non-hydrogen) atoms. The number of ether oxygens (including phenoxy) is 1. The van der Waals surface area contributed by atoms with Crippen molar-refractivity contribution in [3.05, 3.63) is 65.2 Å². The van der Waals surface area contributed by atoms with Gasteiger partial charge in [0, 0.05) is 0 Å². The Hall–Kier alpha value is -2.67. The molecule has 0 radical (unpaired) electrons. The molecule has 1 aromatic heterocycles. The van der Waals surface area contributed by atoms with Crippen LogP contribution in [-0.2, 0) is 9.53 Å². The standard InChI is InChI=1S/C18H18N4O2S/c1-12-9-10-15(13(2)11-12)22-18(19-20-21-22)25-16(17(23)24-3)14-7-5-4-6-8-14/h4-11,16H,1-3H3. The van der Waals surface area contributed by atoms with Crippen molar-refractivity contribution in [1.29, 1.82) is 0 Å². The lowest BCUT2D eigenvalue weighted by Gasteiger charge is -2.14. The zero-order valence-corrected chi connectivity index (χ0v) is 15.0. The fourth-order valence-corrected chi connectivity index (χ4v) is 3.55. The lowest BCUT2D eigenvalue weighted by molar-refractivity contribution is -0.140. The quantitative estimate of drug-likeness (QED) is 0.517. The van der Waals surface area contributed by atoms with E-state index in [1.807, 2.05) is 56.3 Å². The van der Waals surface area contributed by atoms with Gasteiger partial charge in [-0.25, -0.2) is 0 Å². The van der Waals surface area contributed by atoms with E-state index in [0.717, 1.165) is 16.8 Å². The maximum Gasteiger partial charge on any atom is 0.323 e. The van der Waals surface area contributed by atoms with Gasteiger partial charge in [0.25, 0.3) is 0 Å². The molecule has 1 unspecified atom stereocenters. The van der Waals surface area contributed by atoms with Crippen LogP contribution >= 0.6 is 11.8 Å². The highest BCUT2D eigenvalue weighted by Gasteiger charge is 2.26. The maximum atomic E-state index is 12.3. The lowest BCUT2D eigenvalue weighted by Crippen LogP contribution is -2.12. The third kappa shape index (κ3) is 3.71. The summed E-state index contributed by atoms with van der Waals surface area (Å²) >= 11 is 1.27. The van der Waals surface area contributed by atoms with Gasteiger partial charge in [-0.3, -0.25) is 4.79 Å². The number of thioether (sulfide) groups is 1. The Morgan fingerprint density at radius 1 is 1.16 bits per heavy atom. The second kappa shape index (κ2) is 7.48. The molecular formula is C18H18N4O2S. The second-order valence-corrected chi connectivity index (χ2v) is 6.67. The van der Waals surface area contributed by atoms with Crippen molar-refractivity contribution in [3.8, 4) is 5.69 Å². The van der Waals surface area contributed by atoms with Gasteiger partial charge in [0.15, 0.2) is 0 Å². The minimum Gasteiger partial charge on any atom is -0.468 e. The summed E-state index contributed by atoms with van der Waals surface area (Å²) in [6.45, 7) is 4.04. The van der Waals surface area contributed by atoms with Crippen LogP contribution < -0.4 is 0 Å². The predicted octanol–water partition coefficient (Wildman–Crippen LogP) is 3.29. The molecule has 7 heteroatoms. The number of benzene rings is 2. The molecule has 0 aliphatic rings. The summed E-state index contributed by atoms with van der Waals surface area (Å²) in [5, 5.41) is 12.0. The van der Waals surface area contributed by atoms with Crippen LogP contribution in [0, 0.1) is 13.8 Å². The van der Waals surface area contributed by atoms with Gasteiger partial charge in [0.1, 0.15) is 5.25 Å². The molecular weight excluding hydrogens is 336 g/mol. The summed E-state index contributed by atoms with van der Waals surface area (Å²) in [5.74, 6) is -0.341. The molecule has 3 aromatic rings. The first-order valence-corrected chi connectivity index (χ1v) is 8.63. The summed E-state index contributed by atoms with van der Waals surface area (Å²) in [7, 11) is 1.38. The van der Waals surface area contributed by atoms with Crippen LogP contribution in [0.5, 0.6) is 0 Å². The molecule has 0 bridgehead atoms. The van der Waals surface area contributed by atoms with Crippen LogP contribution in [0.25, 0.3) is 5.69 Å². The van der Waals surface area contributed by atoms with E-state index in [0.29, 0.717) is 5.16 Å². The highest BCUT2D eigenvalue weighted by Crippen LogP contribution is 2.35. The van der Waals surface area contributed by atoms with Crippen molar-refractivity contribution in [2.75, 3.05) is 7.11 Å². The number of rotatable bonds is 5. The second-order valence-electron chi connectivity index (χ2n) is 5.59. The van der Waals surface area contributed by atoms with Crippen LogP contribution in [0.1, 0.15) is 21.9 Å². The van der Waals surface area contributed by atoms with E-state index in [1.54, 1.807) is 4.68 Å². The Balaban J connectivity index is 1.97. The van der Waals surface area contributed by atoms with Crippen molar-refractivity contribution < 1.29 is 9.53 Å². The molecule has 1 atom stereocenters. The van der Waals surface area contributed by atoms with Crippen molar-refractivity contribution in [3.63, 3.8) is 0 Å². The molecule has 0 aliphatic heterocycles. The zero-order chi connectivity index (χ0) is 17.8. The van der Waals surface area contributed by atoms with E-state index in [2.05, 4.69) is 21.6 Å². The number of hydrogen-bond donors (Lipinski definition) is 0. The van der Waals surface area contributed by atoms with Gasteiger partial charge >= 0.3 is 5.97 Å². The Bertz CT molecular complexity index is 880. The summed E-state index contributed by atoms with van der Waals surface area (Å²) in [4.78, 5) is 12.3. The number of methoxy groups -OCH3 is 1. The summed E-state index contributed by atoms with van der Waals surface area (Å²) in [5.41, 5.74) is 3.95. The molecule has 0 saturated carbocycles. The maximum absolute atomic E-state index is 12.3. The third-order valence-corrected chi connectivity index (χ3v) is 4.93. The predicted molar refractivity (Wildman–Crippen MR) is 95.7 cm³/mol. The van der Waals surface area contributed by atoms with Crippen molar-refractivity contribution in [2.24, 2.45) is 0 Å². The van der Waals surface area contributed by atoms with Crippen LogP contribution in [-0.4, -0.2) is 33.3 Å². The Morgan fingerprint density at radius 2 is 1.92 bits per heavy atom. The normalized spacial score (nSPS) is 12.0. The number of aryl methyl sites for hydroxylation is 2. The summed E-state index contributed by atoms with van der Waals surface area (Å²) in [6.07, 6.45) is 0. The van der Waals surface area contributed by atoms with Gasteiger partial charge < -0.3 is 4.74 Å². The number of esters is 1. The highest BCUT2D eigenvalue weighted by molar-refractivity contribution is 8.00. The SMILES string of the molecule is COC(=O)C(Sc1nnnn1-c1ccc(C)cc1C)c1ccccc1. The van der Waals surface area contributed by atoms with Crippen molar-refractivity contribution in [2.45, 2.75) is 24.3 Å². The van der Waals surface area contributed by atoms with Gasteiger partial charge in [0.05, 0.1) is 12.8 Å². The first-order chi connectivity index (χ1) is 12.1. The van der Waals surface area contributed by atoms with Gasteiger partial charge in [-0.1, -0.05) is 59.8 Å². The smallest absolute Gasteiger partial charge is 0.323 e. The van der Waals surface area contributed by atoms with Crippen LogP contribution in [0.2, 0.25) is 0 Å². The average molecular weight is 354 g/mol. The average Bonchev–Trinajstić information content (AvgIpc) is 3.08. The Kier molecular flexibility index (Phi) is 5.14. The molecule has 128 valence electrons. The van der Waals surface area contributed by atoms with E-state index in [1.165, 1.54) is 24.4 Å². The molecule has 0 aliphatic carbocycles. The molecule has 0 spiro atoms. The number of carbonyl (C=O) groups is 1. The topological polar surface area (TPSA) is 69.9 Å². The van der Waals surface area contributed by atoms with E-state index in [-0.39, 0.29) is 5.97 Å². The number of nitrogens with zero attached hydrogens (tertiary/aromatic N) is 4. The highest BCUT2D eigenvalue weighted by atomic mass is 32.2. The molecule has 2 aromatic carbocycles. The molecule has 0 saturated heterocycles.